The highest BCUT2D eigenvalue weighted by Crippen LogP contribution is 2.47. The fourth-order valence-electron chi connectivity index (χ4n) is 2.24. The van der Waals surface area contributed by atoms with E-state index in [0.717, 1.165) is 19.5 Å². The summed E-state index contributed by atoms with van der Waals surface area (Å²) >= 11 is 0. The van der Waals surface area contributed by atoms with Crippen molar-refractivity contribution in [2.24, 2.45) is 5.41 Å². The largest absolute Gasteiger partial charge is 0.375 e. The molecular formula is C12H23ClN2O2. The monoisotopic (exact) mass is 262 g/mol. The van der Waals surface area contributed by atoms with Crippen LogP contribution in [0.1, 0.15) is 33.1 Å². The van der Waals surface area contributed by atoms with Gasteiger partial charge in [-0.25, -0.2) is 0 Å². The van der Waals surface area contributed by atoms with E-state index >= 15 is 0 Å². The normalized spacial score (nSPS) is 30.2. The molecule has 0 aromatic carbocycles. The lowest BCUT2D eigenvalue weighted by Gasteiger charge is -2.29. The molecule has 1 saturated heterocycles. The first-order chi connectivity index (χ1) is 7.67. The van der Waals surface area contributed by atoms with Crippen LogP contribution in [0.5, 0.6) is 0 Å². The maximum atomic E-state index is 11.9. The van der Waals surface area contributed by atoms with Crippen LogP contribution >= 0.6 is 12.4 Å². The van der Waals surface area contributed by atoms with Gasteiger partial charge in [-0.15, -0.1) is 12.4 Å². The number of halogens is 1. The second-order valence-corrected chi connectivity index (χ2v) is 5.08. The molecule has 17 heavy (non-hydrogen) atoms. The Morgan fingerprint density at radius 3 is 2.76 bits per heavy atom. The number of nitrogens with one attached hydrogen (secondary N) is 2. The maximum Gasteiger partial charge on any atom is 0.239 e. The summed E-state index contributed by atoms with van der Waals surface area (Å²) in [5.41, 5.74) is 0.411. The lowest BCUT2D eigenvalue weighted by Crippen LogP contribution is -2.56. The second kappa shape index (κ2) is 6.03. The topological polar surface area (TPSA) is 50.4 Å². The molecule has 0 bridgehead atoms. The highest BCUT2D eigenvalue weighted by molar-refractivity contribution is 5.85. The lowest BCUT2D eigenvalue weighted by atomic mass is 10.0. The molecule has 1 saturated carbocycles. The van der Waals surface area contributed by atoms with Crippen LogP contribution < -0.4 is 10.6 Å². The first kappa shape index (κ1) is 14.7. The average Bonchev–Trinajstić information content (AvgIpc) is 3.07. The summed E-state index contributed by atoms with van der Waals surface area (Å²) < 4.78 is 5.46. The van der Waals surface area contributed by atoms with Gasteiger partial charge in [0.2, 0.25) is 5.91 Å². The molecule has 100 valence electrons. The fourth-order valence-corrected chi connectivity index (χ4v) is 2.24. The van der Waals surface area contributed by atoms with Gasteiger partial charge in [0.1, 0.15) is 6.04 Å². The number of rotatable bonds is 4. The highest BCUT2D eigenvalue weighted by atomic mass is 35.5. The number of amides is 1. The molecule has 2 atom stereocenters. The van der Waals surface area contributed by atoms with Gasteiger partial charge in [-0.1, -0.05) is 6.92 Å². The number of hydrogen-bond acceptors (Lipinski definition) is 3. The summed E-state index contributed by atoms with van der Waals surface area (Å²) in [5.74, 6) is 0.0897. The summed E-state index contributed by atoms with van der Waals surface area (Å²) in [6.45, 7) is 6.44. The third-order valence-electron chi connectivity index (χ3n) is 3.94. The van der Waals surface area contributed by atoms with Crippen LogP contribution in [0.4, 0.5) is 0 Å². The van der Waals surface area contributed by atoms with Gasteiger partial charge in [-0.05, 0) is 31.6 Å². The van der Waals surface area contributed by atoms with Crippen molar-refractivity contribution in [1.82, 2.24) is 10.6 Å². The second-order valence-electron chi connectivity index (χ2n) is 5.08. The Morgan fingerprint density at radius 2 is 2.24 bits per heavy atom. The predicted octanol–water partition coefficient (Wildman–Crippen LogP) is 1.09. The zero-order valence-corrected chi connectivity index (χ0v) is 11.4. The summed E-state index contributed by atoms with van der Waals surface area (Å²) in [7, 11) is 0. The maximum absolute atomic E-state index is 11.9. The fraction of sp³-hybridized carbons (Fsp3) is 0.917. The van der Waals surface area contributed by atoms with Gasteiger partial charge in [0.05, 0.1) is 12.7 Å². The minimum Gasteiger partial charge on any atom is -0.375 e. The molecule has 0 aromatic rings. The summed E-state index contributed by atoms with van der Waals surface area (Å²) in [5, 5.41) is 6.26. The Hall–Kier alpha value is -0.320. The molecule has 2 N–H and O–H groups in total. The number of ether oxygens (including phenoxy) is 1. The zero-order chi connectivity index (χ0) is 11.6. The van der Waals surface area contributed by atoms with Gasteiger partial charge < -0.3 is 15.4 Å². The van der Waals surface area contributed by atoms with Crippen molar-refractivity contribution in [2.45, 2.75) is 45.3 Å². The van der Waals surface area contributed by atoms with Crippen LogP contribution in [0, 0.1) is 5.41 Å². The molecule has 1 aliphatic heterocycles. The van der Waals surface area contributed by atoms with Crippen LogP contribution in [0.2, 0.25) is 0 Å². The van der Waals surface area contributed by atoms with Gasteiger partial charge in [0, 0.05) is 13.1 Å². The molecule has 1 heterocycles. The van der Waals surface area contributed by atoms with E-state index < -0.39 is 0 Å². The SMILES string of the molecule is CCC1(CNC(=O)[C@H]2NCCO[C@@H]2C)CC1.Cl. The van der Waals surface area contributed by atoms with Crippen LogP contribution in [-0.4, -0.2) is 37.7 Å². The van der Waals surface area contributed by atoms with Crippen LogP contribution in [0.25, 0.3) is 0 Å². The number of morpholine rings is 1. The van der Waals surface area contributed by atoms with Crippen molar-refractivity contribution in [1.29, 1.82) is 0 Å². The number of carbonyl (C=O) groups excluding carboxylic acids is 1. The van der Waals surface area contributed by atoms with E-state index in [1.165, 1.54) is 12.8 Å². The van der Waals surface area contributed by atoms with Crippen molar-refractivity contribution >= 4 is 18.3 Å². The standard InChI is InChI=1S/C12H22N2O2.ClH/c1-3-12(4-5-12)8-14-11(15)10-9(2)16-7-6-13-10;/h9-10,13H,3-8H2,1-2H3,(H,14,15);1H/t9-,10+;/m1./s1. The van der Waals surface area contributed by atoms with E-state index in [9.17, 15) is 4.79 Å². The third-order valence-corrected chi connectivity index (χ3v) is 3.94. The van der Waals surface area contributed by atoms with E-state index in [2.05, 4.69) is 17.6 Å². The predicted molar refractivity (Wildman–Crippen MR) is 69.4 cm³/mol. The quantitative estimate of drug-likeness (QED) is 0.798. The molecule has 0 aromatic heterocycles. The van der Waals surface area contributed by atoms with Gasteiger partial charge in [-0.3, -0.25) is 4.79 Å². The number of carbonyl (C=O) groups is 1. The van der Waals surface area contributed by atoms with Crippen molar-refractivity contribution in [3.05, 3.63) is 0 Å². The molecule has 2 rings (SSSR count). The molecule has 2 aliphatic rings. The van der Waals surface area contributed by atoms with E-state index in [0.29, 0.717) is 12.0 Å². The molecule has 0 unspecified atom stereocenters. The first-order valence-electron chi connectivity index (χ1n) is 6.29. The average molecular weight is 263 g/mol. The summed E-state index contributed by atoms with van der Waals surface area (Å²) in [4.78, 5) is 11.9. The molecule has 1 aliphatic carbocycles. The molecule has 0 spiro atoms. The van der Waals surface area contributed by atoms with Crippen molar-refractivity contribution in [3.63, 3.8) is 0 Å². The van der Waals surface area contributed by atoms with Gasteiger partial charge in [-0.2, -0.15) is 0 Å². The summed E-state index contributed by atoms with van der Waals surface area (Å²) in [6, 6.07) is -0.179. The van der Waals surface area contributed by atoms with Crippen molar-refractivity contribution < 1.29 is 9.53 Å². The Morgan fingerprint density at radius 1 is 1.53 bits per heavy atom. The Kier molecular flexibility index (Phi) is 5.22. The van der Waals surface area contributed by atoms with E-state index in [4.69, 9.17) is 4.74 Å². The highest BCUT2D eigenvalue weighted by Gasteiger charge is 2.41. The molecular weight excluding hydrogens is 240 g/mol. The van der Waals surface area contributed by atoms with Gasteiger partial charge >= 0.3 is 0 Å². The lowest BCUT2D eigenvalue weighted by molar-refractivity contribution is -0.129. The molecule has 5 heteroatoms. The van der Waals surface area contributed by atoms with E-state index in [1.54, 1.807) is 0 Å². The van der Waals surface area contributed by atoms with Crippen LogP contribution in [-0.2, 0) is 9.53 Å². The number of hydrogen-bond donors (Lipinski definition) is 2. The van der Waals surface area contributed by atoms with Crippen molar-refractivity contribution in [2.75, 3.05) is 19.7 Å². The first-order valence-corrected chi connectivity index (χ1v) is 6.29. The van der Waals surface area contributed by atoms with E-state index in [1.807, 2.05) is 6.92 Å². The summed E-state index contributed by atoms with van der Waals surface area (Å²) in [6.07, 6.45) is 3.66. The zero-order valence-electron chi connectivity index (χ0n) is 10.6. The van der Waals surface area contributed by atoms with E-state index in [-0.39, 0.29) is 30.5 Å². The molecule has 0 radical (unpaired) electrons. The van der Waals surface area contributed by atoms with Gasteiger partial charge in [0.15, 0.2) is 0 Å². The smallest absolute Gasteiger partial charge is 0.239 e. The molecule has 4 nitrogen and oxygen atoms in total. The van der Waals surface area contributed by atoms with Crippen LogP contribution in [0.15, 0.2) is 0 Å². The minimum atomic E-state index is -0.179. The van der Waals surface area contributed by atoms with Crippen molar-refractivity contribution in [3.8, 4) is 0 Å². The molecule has 2 fully saturated rings. The molecule has 1 amide bonds. The third kappa shape index (κ3) is 3.57. The Balaban J connectivity index is 0.00000144. The minimum absolute atomic E-state index is 0. The Labute approximate surface area is 109 Å². The van der Waals surface area contributed by atoms with Gasteiger partial charge in [0.25, 0.3) is 0 Å². The van der Waals surface area contributed by atoms with Crippen LogP contribution in [0.3, 0.4) is 0 Å². The Bertz CT molecular complexity index is 269.